The van der Waals surface area contributed by atoms with Gasteiger partial charge in [0.05, 0.1) is 0 Å². The predicted octanol–water partition coefficient (Wildman–Crippen LogP) is 1.56. The second kappa shape index (κ2) is 9.49. The minimum absolute atomic E-state index is 0.0285. The van der Waals surface area contributed by atoms with Crippen LogP contribution in [0.1, 0.15) is 0 Å². The number of carbonyl (C=O) groups is 1. The lowest BCUT2D eigenvalue weighted by Gasteiger charge is -2.34. The highest BCUT2D eigenvalue weighted by Crippen LogP contribution is 2.15. The van der Waals surface area contributed by atoms with E-state index in [-0.39, 0.29) is 12.5 Å². The molecule has 3 rings (SSSR count). The van der Waals surface area contributed by atoms with Gasteiger partial charge in [-0.05, 0) is 30.3 Å². The first kappa shape index (κ1) is 18.6. The number of hydrogen-bond acceptors (Lipinski definition) is 6. The number of rotatable bonds is 7. The maximum atomic E-state index is 11.9. The third-order valence-electron chi connectivity index (χ3n) is 4.14. The van der Waals surface area contributed by atoms with Crippen LogP contribution in [0.25, 0.3) is 0 Å². The molecule has 1 aromatic carbocycles. The molecule has 1 amide bonds. The number of nitrogens with zero attached hydrogens (tertiary/aromatic N) is 4. The van der Waals surface area contributed by atoms with Crippen molar-refractivity contribution >= 4 is 27.8 Å². The number of ether oxygens (including phenoxy) is 1. The molecule has 0 atom stereocenters. The van der Waals surface area contributed by atoms with Gasteiger partial charge in [-0.1, -0.05) is 15.9 Å². The van der Waals surface area contributed by atoms with Crippen molar-refractivity contribution in [2.24, 2.45) is 0 Å². The second-order valence-corrected chi connectivity index (χ2v) is 6.89. The zero-order chi connectivity index (χ0) is 18.2. The Kier molecular flexibility index (Phi) is 6.79. The standard InChI is InChI=1S/C18H22BrN5O2/c19-15-2-4-16(5-3-15)26-14-17(25)20-8-9-23-10-12-24(13-11-23)18-21-6-1-7-22-18/h1-7H,8-14H2,(H,20,25). The quantitative estimate of drug-likeness (QED) is 0.733. The number of hydrogen-bond donors (Lipinski definition) is 1. The maximum absolute atomic E-state index is 11.9. The lowest BCUT2D eigenvalue weighted by Crippen LogP contribution is -2.49. The first-order valence-corrected chi connectivity index (χ1v) is 9.39. The summed E-state index contributed by atoms with van der Waals surface area (Å²) in [6.45, 7) is 5.13. The molecule has 1 saturated heterocycles. The van der Waals surface area contributed by atoms with Gasteiger partial charge in [0.2, 0.25) is 5.95 Å². The summed E-state index contributed by atoms with van der Waals surface area (Å²) in [5, 5.41) is 2.90. The number of nitrogens with one attached hydrogen (secondary N) is 1. The summed E-state index contributed by atoms with van der Waals surface area (Å²) < 4.78 is 6.44. The number of benzene rings is 1. The Morgan fingerprint density at radius 1 is 1.12 bits per heavy atom. The summed E-state index contributed by atoms with van der Waals surface area (Å²) in [5.74, 6) is 1.36. The smallest absolute Gasteiger partial charge is 0.257 e. The van der Waals surface area contributed by atoms with Crippen LogP contribution in [-0.2, 0) is 4.79 Å². The molecule has 138 valence electrons. The molecule has 7 nitrogen and oxygen atoms in total. The van der Waals surface area contributed by atoms with E-state index in [1.807, 2.05) is 30.3 Å². The van der Waals surface area contributed by atoms with Gasteiger partial charge < -0.3 is 15.0 Å². The molecule has 2 heterocycles. The predicted molar refractivity (Wildman–Crippen MR) is 103 cm³/mol. The fourth-order valence-electron chi connectivity index (χ4n) is 2.71. The normalized spacial score (nSPS) is 14.9. The van der Waals surface area contributed by atoms with Crippen LogP contribution in [-0.4, -0.2) is 66.7 Å². The molecule has 0 unspecified atom stereocenters. The average molecular weight is 420 g/mol. The molecule has 1 fully saturated rings. The van der Waals surface area contributed by atoms with Gasteiger partial charge in [0.25, 0.3) is 5.91 Å². The van der Waals surface area contributed by atoms with Gasteiger partial charge in [0.15, 0.2) is 6.61 Å². The lowest BCUT2D eigenvalue weighted by atomic mass is 10.3. The number of carbonyl (C=O) groups excluding carboxylic acids is 1. The third kappa shape index (κ3) is 5.67. The van der Waals surface area contributed by atoms with Gasteiger partial charge >= 0.3 is 0 Å². The van der Waals surface area contributed by atoms with E-state index >= 15 is 0 Å². The minimum atomic E-state index is -0.107. The molecule has 0 saturated carbocycles. The number of amides is 1. The van der Waals surface area contributed by atoms with Gasteiger partial charge in [0.1, 0.15) is 5.75 Å². The lowest BCUT2D eigenvalue weighted by molar-refractivity contribution is -0.123. The van der Waals surface area contributed by atoms with Crippen molar-refractivity contribution in [3.8, 4) is 5.75 Å². The summed E-state index contributed by atoms with van der Waals surface area (Å²) in [6, 6.07) is 9.24. The van der Waals surface area contributed by atoms with Gasteiger partial charge in [-0.3, -0.25) is 9.69 Å². The van der Waals surface area contributed by atoms with Gasteiger partial charge in [-0.2, -0.15) is 0 Å². The Balaban J connectivity index is 1.30. The summed E-state index contributed by atoms with van der Waals surface area (Å²) in [4.78, 5) is 25.0. The zero-order valence-electron chi connectivity index (χ0n) is 14.5. The van der Waals surface area contributed by atoms with E-state index in [0.717, 1.165) is 43.1 Å². The zero-order valence-corrected chi connectivity index (χ0v) is 16.1. The summed E-state index contributed by atoms with van der Waals surface area (Å²) >= 11 is 3.36. The number of halogens is 1. The summed E-state index contributed by atoms with van der Waals surface area (Å²) in [7, 11) is 0. The van der Waals surface area contributed by atoms with Crippen molar-refractivity contribution < 1.29 is 9.53 Å². The van der Waals surface area contributed by atoms with E-state index in [1.54, 1.807) is 12.4 Å². The van der Waals surface area contributed by atoms with Gasteiger partial charge in [0, 0.05) is 56.1 Å². The van der Waals surface area contributed by atoms with Crippen molar-refractivity contribution in [3.63, 3.8) is 0 Å². The van der Waals surface area contributed by atoms with E-state index in [1.165, 1.54) is 0 Å². The Morgan fingerprint density at radius 3 is 2.50 bits per heavy atom. The van der Waals surface area contributed by atoms with Crippen LogP contribution in [0.5, 0.6) is 5.75 Å². The minimum Gasteiger partial charge on any atom is -0.484 e. The van der Waals surface area contributed by atoms with E-state index < -0.39 is 0 Å². The molecule has 0 aliphatic carbocycles. The third-order valence-corrected chi connectivity index (χ3v) is 4.67. The van der Waals surface area contributed by atoms with Crippen molar-refractivity contribution in [1.29, 1.82) is 0 Å². The monoisotopic (exact) mass is 419 g/mol. The Labute approximate surface area is 161 Å². The van der Waals surface area contributed by atoms with Crippen LogP contribution in [0.15, 0.2) is 47.2 Å². The highest BCUT2D eigenvalue weighted by Gasteiger charge is 2.18. The summed E-state index contributed by atoms with van der Waals surface area (Å²) in [5.41, 5.74) is 0. The van der Waals surface area contributed by atoms with Crippen LogP contribution in [0.3, 0.4) is 0 Å². The molecule has 8 heteroatoms. The Morgan fingerprint density at radius 2 is 1.81 bits per heavy atom. The Bertz CT molecular complexity index is 690. The molecule has 1 N–H and O–H groups in total. The fraction of sp³-hybridized carbons (Fsp3) is 0.389. The molecule has 0 spiro atoms. The average Bonchev–Trinajstić information content (AvgIpc) is 2.69. The van der Waals surface area contributed by atoms with Crippen molar-refractivity contribution in [3.05, 3.63) is 47.2 Å². The number of anilines is 1. The van der Waals surface area contributed by atoms with Crippen LogP contribution < -0.4 is 15.0 Å². The van der Waals surface area contributed by atoms with Gasteiger partial charge in [-0.15, -0.1) is 0 Å². The molecular formula is C18H22BrN5O2. The molecule has 0 bridgehead atoms. The van der Waals surface area contributed by atoms with Gasteiger partial charge in [-0.25, -0.2) is 9.97 Å². The molecular weight excluding hydrogens is 398 g/mol. The molecule has 1 aromatic heterocycles. The SMILES string of the molecule is O=C(COc1ccc(Br)cc1)NCCN1CCN(c2ncccn2)CC1. The first-order chi connectivity index (χ1) is 12.7. The van der Waals surface area contributed by atoms with E-state index in [0.29, 0.717) is 12.3 Å². The van der Waals surface area contributed by atoms with E-state index in [9.17, 15) is 4.79 Å². The second-order valence-electron chi connectivity index (χ2n) is 5.97. The maximum Gasteiger partial charge on any atom is 0.257 e. The highest BCUT2D eigenvalue weighted by atomic mass is 79.9. The number of piperazine rings is 1. The van der Waals surface area contributed by atoms with Crippen LogP contribution >= 0.6 is 15.9 Å². The fourth-order valence-corrected chi connectivity index (χ4v) is 2.97. The summed E-state index contributed by atoms with van der Waals surface area (Å²) in [6.07, 6.45) is 3.53. The first-order valence-electron chi connectivity index (χ1n) is 8.60. The largest absolute Gasteiger partial charge is 0.484 e. The van der Waals surface area contributed by atoms with Crippen molar-refractivity contribution in [2.75, 3.05) is 50.8 Å². The van der Waals surface area contributed by atoms with Crippen molar-refractivity contribution in [2.45, 2.75) is 0 Å². The molecule has 0 radical (unpaired) electrons. The molecule has 2 aromatic rings. The van der Waals surface area contributed by atoms with Crippen LogP contribution in [0.2, 0.25) is 0 Å². The van der Waals surface area contributed by atoms with E-state index in [4.69, 9.17) is 4.74 Å². The van der Waals surface area contributed by atoms with Crippen molar-refractivity contribution in [1.82, 2.24) is 20.2 Å². The van der Waals surface area contributed by atoms with E-state index in [2.05, 4.69) is 41.0 Å². The topological polar surface area (TPSA) is 70.6 Å². The van der Waals surface area contributed by atoms with Crippen LogP contribution in [0, 0.1) is 0 Å². The molecule has 26 heavy (non-hydrogen) atoms. The Hall–Kier alpha value is -2.19. The molecule has 1 aliphatic rings. The highest BCUT2D eigenvalue weighted by molar-refractivity contribution is 9.10. The van der Waals surface area contributed by atoms with Crippen LogP contribution in [0.4, 0.5) is 5.95 Å². The number of aromatic nitrogens is 2. The molecule has 1 aliphatic heterocycles.